The fourth-order valence-corrected chi connectivity index (χ4v) is 3.57. The van der Waals surface area contributed by atoms with E-state index in [4.69, 9.17) is 14.2 Å². The van der Waals surface area contributed by atoms with Crippen LogP contribution >= 0.6 is 11.3 Å². The van der Waals surface area contributed by atoms with Crippen LogP contribution in [0.3, 0.4) is 0 Å². The Hall–Kier alpha value is -3.46. The van der Waals surface area contributed by atoms with Crippen LogP contribution in [0.15, 0.2) is 45.8 Å². The van der Waals surface area contributed by atoms with Gasteiger partial charge in [-0.1, -0.05) is 6.07 Å². The quantitative estimate of drug-likeness (QED) is 0.476. The molecule has 2 aromatic carbocycles. The summed E-state index contributed by atoms with van der Waals surface area (Å²) in [6, 6.07) is 8.31. The number of hydrogen-bond acceptors (Lipinski definition) is 8. The number of phenols is 2. The number of para-hydroxylation sites is 1. The maximum atomic E-state index is 10.0. The summed E-state index contributed by atoms with van der Waals surface area (Å²) >= 11 is 1.41. The lowest BCUT2D eigenvalue weighted by Crippen LogP contribution is -2.11. The second kappa shape index (κ2) is 8.70. The minimum atomic E-state index is -0.239. The Morgan fingerprint density at radius 2 is 1.72 bits per heavy atom. The molecule has 1 heterocycles. The molecule has 0 spiro atoms. The molecule has 8 nitrogen and oxygen atoms in total. The van der Waals surface area contributed by atoms with Gasteiger partial charge in [0.2, 0.25) is 10.6 Å². The van der Waals surface area contributed by atoms with Crippen molar-refractivity contribution in [1.29, 1.82) is 0 Å². The maximum Gasteiger partial charge on any atom is 0.205 e. The summed E-state index contributed by atoms with van der Waals surface area (Å²) in [5, 5.41) is 26.1. The van der Waals surface area contributed by atoms with Crippen LogP contribution in [-0.4, -0.2) is 49.5 Å². The second-order valence-electron chi connectivity index (χ2n) is 5.81. The summed E-state index contributed by atoms with van der Waals surface area (Å²) in [7, 11) is 6.32. The van der Waals surface area contributed by atoms with Gasteiger partial charge in [0.15, 0.2) is 23.0 Å². The molecule has 0 unspecified atom stereocenters. The van der Waals surface area contributed by atoms with Crippen molar-refractivity contribution in [2.75, 3.05) is 28.4 Å². The van der Waals surface area contributed by atoms with Crippen LogP contribution in [0, 0.1) is 0 Å². The van der Waals surface area contributed by atoms with Gasteiger partial charge in [-0.25, -0.2) is 4.68 Å². The number of ether oxygens (including phenoxy) is 3. The van der Waals surface area contributed by atoms with Crippen LogP contribution in [0.25, 0.3) is 11.3 Å². The van der Waals surface area contributed by atoms with E-state index in [-0.39, 0.29) is 11.5 Å². The minimum Gasteiger partial charge on any atom is -0.504 e. The van der Waals surface area contributed by atoms with Crippen LogP contribution in [0.5, 0.6) is 28.7 Å². The molecule has 9 heteroatoms. The number of aromatic nitrogens is 1. The van der Waals surface area contributed by atoms with Crippen molar-refractivity contribution in [2.24, 2.45) is 10.1 Å². The molecule has 0 radical (unpaired) electrons. The standard InChI is InChI=1S/C20H21N3O5S/c1-21-20-23(22-10-12-6-5-7-15(24)18(12)25)14(11-29-20)13-8-16(26-2)19(28-4)17(9-13)27-3/h5-11,24-25H,1-4H3. The molecule has 1 aromatic heterocycles. The predicted molar refractivity (Wildman–Crippen MR) is 112 cm³/mol. The highest BCUT2D eigenvalue weighted by atomic mass is 32.1. The summed E-state index contributed by atoms with van der Waals surface area (Å²) in [5.74, 6) is 1.08. The topological polar surface area (TPSA) is 97.8 Å². The third-order valence-corrected chi connectivity index (χ3v) is 5.10. The van der Waals surface area contributed by atoms with E-state index >= 15 is 0 Å². The van der Waals surface area contributed by atoms with Crippen molar-refractivity contribution in [3.05, 3.63) is 46.1 Å². The first-order chi connectivity index (χ1) is 14.0. The van der Waals surface area contributed by atoms with Gasteiger partial charge in [0, 0.05) is 23.6 Å². The first kappa shape index (κ1) is 20.3. The molecule has 0 atom stereocenters. The molecule has 0 fully saturated rings. The molecular formula is C20H21N3O5S. The van der Waals surface area contributed by atoms with Crippen LogP contribution in [0.1, 0.15) is 5.56 Å². The van der Waals surface area contributed by atoms with Gasteiger partial charge < -0.3 is 24.4 Å². The van der Waals surface area contributed by atoms with E-state index in [9.17, 15) is 10.2 Å². The van der Waals surface area contributed by atoms with E-state index in [1.807, 2.05) is 17.5 Å². The zero-order chi connectivity index (χ0) is 21.0. The summed E-state index contributed by atoms with van der Waals surface area (Å²) < 4.78 is 17.9. The summed E-state index contributed by atoms with van der Waals surface area (Å²) in [5.41, 5.74) is 1.90. The lowest BCUT2D eigenvalue weighted by molar-refractivity contribution is 0.324. The van der Waals surface area contributed by atoms with Gasteiger partial charge in [0.05, 0.1) is 33.2 Å². The molecule has 0 bridgehead atoms. The smallest absolute Gasteiger partial charge is 0.205 e. The molecule has 2 N–H and O–H groups in total. The van der Waals surface area contributed by atoms with Gasteiger partial charge in [-0.2, -0.15) is 5.10 Å². The van der Waals surface area contributed by atoms with Gasteiger partial charge >= 0.3 is 0 Å². The molecule has 3 aromatic rings. The fourth-order valence-electron chi connectivity index (χ4n) is 2.76. The van der Waals surface area contributed by atoms with Gasteiger partial charge in [0.25, 0.3) is 0 Å². The highest BCUT2D eigenvalue weighted by molar-refractivity contribution is 7.07. The molecule has 0 saturated carbocycles. The average molecular weight is 415 g/mol. The number of aromatic hydroxyl groups is 2. The Balaban J connectivity index is 2.15. The molecule has 0 aliphatic carbocycles. The highest BCUT2D eigenvalue weighted by Gasteiger charge is 2.17. The molecular weight excluding hydrogens is 394 g/mol. The number of nitrogens with zero attached hydrogens (tertiary/aromatic N) is 3. The average Bonchev–Trinajstić information content (AvgIpc) is 3.16. The molecule has 3 rings (SSSR count). The largest absolute Gasteiger partial charge is 0.504 e. The Morgan fingerprint density at radius 1 is 1.03 bits per heavy atom. The zero-order valence-electron chi connectivity index (χ0n) is 16.4. The van der Waals surface area contributed by atoms with Crippen molar-refractivity contribution in [3.63, 3.8) is 0 Å². The van der Waals surface area contributed by atoms with Gasteiger partial charge in [-0.3, -0.25) is 4.99 Å². The highest BCUT2D eigenvalue weighted by Crippen LogP contribution is 2.41. The monoisotopic (exact) mass is 415 g/mol. The molecule has 0 aliphatic heterocycles. The molecule has 152 valence electrons. The summed E-state index contributed by atoms with van der Waals surface area (Å²) in [6.45, 7) is 0. The van der Waals surface area contributed by atoms with E-state index < -0.39 is 0 Å². The van der Waals surface area contributed by atoms with Crippen molar-refractivity contribution in [2.45, 2.75) is 0 Å². The van der Waals surface area contributed by atoms with E-state index in [0.717, 1.165) is 11.3 Å². The Morgan fingerprint density at radius 3 is 2.31 bits per heavy atom. The Bertz CT molecular complexity index is 1090. The van der Waals surface area contributed by atoms with Crippen LogP contribution in [0.2, 0.25) is 0 Å². The van der Waals surface area contributed by atoms with Gasteiger partial charge in [0.1, 0.15) is 0 Å². The van der Waals surface area contributed by atoms with Gasteiger partial charge in [-0.05, 0) is 24.3 Å². The van der Waals surface area contributed by atoms with E-state index in [2.05, 4.69) is 10.1 Å². The maximum absolute atomic E-state index is 10.0. The molecule has 0 saturated heterocycles. The number of methoxy groups -OCH3 is 3. The summed E-state index contributed by atoms with van der Waals surface area (Å²) in [4.78, 5) is 4.90. The minimum absolute atomic E-state index is 0.213. The van der Waals surface area contributed by atoms with Crippen molar-refractivity contribution < 1.29 is 24.4 Å². The first-order valence-electron chi connectivity index (χ1n) is 8.53. The van der Waals surface area contributed by atoms with Gasteiger partial charge in [-0.15, -0.1) is 11.3 Å². The van der Waals surface area contributed by atoms with Crippen molar-refractivity contribution in [1.82, 2.24) is 4.68 Å². The first-order valence-corrected chi connectivity index (χ1v) is 9.41. The number of benzene rings is 2. The van der Waals surface area contributed by atoms with Crippen LogP contribution in [-0.2, 0) is 0 Å². The molecule has 29 heavy (non-hydrogen) atoms. The molecule has 0 aliphatic rings. The fraction of sp³-hybridized carbons (Fsp3) is 0.200. The molecule has 0 amide bonds. The third kappa shape index (κ3) is 3.90. The number of phenolic OH excluding ortho intramolecular Hbond substituents is 2. The number of thiazole rings is 1. The summed E-state index contributed by atoms with van der Waals surface area (Å²) in [6.07, 6.45) is 1.46. The van der Waals surface area contributed by atoms with E-state index in [1.54, 1.807) is 45.2 Å². The Kier molecular flexibility index (Phi) is 6.08. The lowest BCUT2D eigenvalue weighted by Gasteiger charge is -2.14. The lowest BCUT2D eigenvalue weighted by atomic mass is 10.1. The normalized spacial score (nSPS) is 11.8. The van der Waals surface area contributed by atoms with Crippen LogP contribution < -0.4 is 19.0 Å². The Labute approximate surface area is 171 Å². The SMILES string of the molecule is CN=c1scc(-c2cc(OC)c(OC)c(OC)c2)n1N=Cc1cccc(O)c1O. The third-order valence-electron chi connectivity index (χ3n) is 4.20. The number of hydrogen-bond donors (Lipinski definition) is 2. The zero-order valence-corrected chi connectivity index (χ0v) is 17.2. The van der Waals surface area contributed by atoms with Crippen molar-refractivity contribution in [3.8, 4) is 40.0 Å². The van der Waals surface area contributed by atoms with E-state index in [1.165, 1.54) is 23.6 Å². The number of rotatable bonds is 6. The van der Waals surface area contributed by atoms with E-state index in [0.29, 0.717) is 27.6 Å². The second-order valence-corrected chi connectivity index (χ2v) is 6.65. The van der Waals surface area contributed by atoms with Crippen molar-refractivity contribution >= 4 is 17.6 Å². The predicted octanol–water partition coefficient (Wildman–Crippen LogP) is 3.07. The van der Waals surface area contributed by atoms with Crippen LogP contribution in [0.4, 0.5) is 0 Å².